The van der Waals surface area contributed by atoms with Crippen molar-refractivity contribution in [3.05, 3.63) is 118 Å². The molecule has 1 atom stereocenters. The third-order valence-corrected chi connectivity index (χ3v) is 8.34. The van der Waals surface area contributed by atoms with E-state index in [1.165, 1.54) is 19.1 Å². The van der Waals surface area contributed by atoms with Crippen molar-refractivity contribution in [3.63, 3.8) is 0 Å². The summed E-state index contributed by atoms with van der Waals surface area (Å²) >= 11 is 0.917. The maximum atomic E-state index is 14.0. The lowest BCUT2D eigenvalue weighted by atomic mass is 9.95. The number of aliphatic hydroxyl groups is 1. The summed E-state index contributed by atoms with van der Waals surface area (Å²) in [5, 5.41) is 12.0. The highest BCUT2D eigenvalue weighted by Crippen LogP contribution is 2.45. The molecule has 6 rings (SSSR count). The average molecular weight is 611 g/mol. The van der Waals surface area contributed by atoms with Crippen LogP contribution in [0.4, 0.5) is 5.13 Å². The summed E-state index contributed by atoms with van der Waals surface area (Å²) in [4.78, 5) is 45.9. The fourth-order valence-corrected chi connectivity index (χ4v) is 6.06. The zero-order valence-electron chi connectivity index (χ0n) is 23.9. The molecule has 0 spiro atoms. The lowest BCUT2D eigenvalue weighted by Gasteiger charge is -2.25. The number of aryl methyl sites for hydroxylation is 1. The Hall–Kier alpha value is -5.42. The van der Waals surface area contributed by atoms with E-state index in [9.17, 15) is 19.5 Å². The molecule has 1 amide bonds. The number of aliphatic hydroxyl groups excluding tert-OH is 1. The first-order valence-corrected chi connectivity index (χ1v) is 14.3. The molecule has 0 radical (unpaired) electrons. The maximum absolute atomic E-state index is 14.0. The van der Waals surface area contributed by atoms with Gasteiger partial charge >= 0.3 is 5.97 Å². The Morgan fingerprint density at radius 3 is 2.48 bits per heavy atom. The molecule has 3 aromatic carbocycles. The number of aromatic nitrogens is 1. The molecule has 1 unspecified atom stereocenters. The van der Waals surface area contributed by atoms with Gasteiger partial charge in [-0.05, 0) is 42.3 Å². The minimum atomic E-state index is -1.14. The van der Waals surface area contributed by atoms with Gasteiger partial charge in [-0.3, -0.25) is 14.5 Å². The van der Waals surface area contributed by atoms with Crippen molar-refractivity contribution in [2.75, 3.05) is 19.1 Å². The van der Waals surface area contributed by atoms with Crippen LogP contribution >= 0.6 is 11.3 Å². The molecule has 1 N–H and O–H groups in total. The van der Waals surface area contributed by atoms with Crippen LogP contribution in [0.15, 0.2) is 94.6 Å². The van der Waals surface area contributed by atoms with Gasteiger partial charge in [-0.15, -0.1) is 0 Å². The Bertz CT molecular complexity index is 1910. The number of carbonyl (C=O) groups is 3. The second kappa shape index (κ2) is 11.7. The summed E-state index contributed by atoms with van der Waals surface area (Å²) in [6.45, 7) is 1.90. The van der Waals surface area contributed by atoms with Gasteiger partial charge in [-0.25, -0.2) is 9.78 Å². The summed E-state index contributed by atoms with van der Waals surface area (Å²) in [5.74, 6) is -2.17. The van der Waals surface area contributed by atoms with Crippen LogP contribution in [-0.2, 0) is 16.1 Å². The molecule has 10 nitrogen and oxygen atoms in total. The van der Waals surface area contributed by atoms with Crippen LogP contribution in [0.25, 0.3) is 11.0 Å². The van der Waals surface area contributed by atoms with Crippen molar-refractivity contribution in [1.29, 1.82) is 0 Å². The monoisotopic (exact) mass is 610 g/mol. The third kappa shape index (κ3) is 5.07. The maximum Gasteiger partial charge on any atom is 0.350 e. The molecular weight excluding hydrogens is 584 g/mol. The normalized spacial score (nSPS) is 14.8. The van der Waals surface area contributed by atoms with E-state index >= 15 is 0 Å². The zero-order chi connectivity index (χ0) is 31.0. The SMILES string of the molecule is COC(=O)c1sc(N2C(=O)C(O)=C(C(=O)c3cc4ccccc4o3)C2c2ccc(OCc3ccccc3)c(OC)c2)nc1C. The molecule has 0 bridgehead atoms. The van der Waals surface area contributed by atoms with E-state index < -0.39 is 29.5 Å². The van der Waals surface area contributed by atoms with Crippen LogP contribution in [0.2, 0.25) is 0 Å². The molecule has 0 saturated carbocycles. The topological polar surface area (TPSA) is 128 Å². The molecule has 44 heavy (non-hydrogen) atoms. The van der Waals surface area contributed by atoms with Crippen LogP contribution in [0.5, 0.6) is 11.5 Å². The standard InChI is InChI=1S/C33H26N2O8S/c1-18-30(32(39)41-3)44-33(34-18)35-27(21-13-14-23(24(16-21)40-2)42-17-19-9-5-4-6-10-19)26(29(37)31(35)38)28(36)25-15-20-11-7-8-12-22(20)43-25/h4-16,27,37H,17H2,1-3H3. The van der Waals surface area contributed by atoms with Crippen LogP contribution in [0, 0.1) is 6.92 Å². The molecule has 0 fully saturated rings. The van der Waals surface area contributed by atoms with Crippen LogP contribution in [0.1, 0.15) is 43.1 Å². The predicted octanol–water partition coefficient (Wildman–Crippen LogP) is 6.35. The highest BCUT2D eigenvalue weighted by Gasteiger charge is 2.47. The fourth-order valence-electron chi connectivity index (χ4n) is 5.05. The van der Waals surface area contributed by atoms with Crippen molar-refractivity contribution in [3.8, 4) is 11.5 Å². The molecule has 3 heterocycles. The number of carbonyl (C=O) groups excluding carboxylic acids is 3. The van der Waals surface area contributed by atoms with Gasteiger partial charge in [0.15, 0.2) is 28.1 Å². The first kappa shape index (κ1) is 28.7. The molecule has 11 heteroatoms. The number of amides is 1. The second-order valence-corrected chi connectivity index (χ2v) is 10.9. The fraction of sp³-hybridized carbons (Fsp3) is 0.152. The zero-order valence-corrected chi connectivity index (χ0v) is 24.7. The first-order chi connectivity index (χ1) is 21.3. The lowest BCUT2D eigenvalue weighted by Crippen LogP contribution is -2.31. The molecule has 5 aromatic rings. The smallest absolute Gasteiger partial charge is 0.350 e. The number of thiazole rings is 1. The van der Waals surface area contributed by atoms with Gasteiger partial charge in [-0.2, -0.15) is 0 Å². The van der Waals surface area contributed by atoms with E-state index in [2.05, 4.69) is 4.98 Å². The van der Waals surface area contributed by atoms with Crippen molar-refractivity contribution < 1.29 is 38.1 Å². The van der Waals surface area contributed by atoms with Gasteiger partial charge in [0.05, 0.1) is 31.5 Å². The number of benzene rings is 3. The van der Waals surface area contributed by atoms with Crippen molar-refractivity contribution in [1.82, 2.24) is 4.98 Å². The van der Waals surface area contributed by atoms with Crippen molar-refractivity contribution >= 4 is 45.1 Å². The summed E-state index contributed by atoms with van der Waals surface area (Å²) in [6.07, 6.45) is 0. The highest BCUT2D eigenvalue weighted by molar-refractivity contribution is 7.17. The van der Waals surface area contributed by atoms with Crippen LogP contribution < -0.4 is 14.4 Å². The van der Waals surface area contributed by atoms with Gasteiger partial charge in [0.1, 0.15) is 17.1 Å². The van der Waals surface area contributed by atoms with E-state index in [4.69, 9.17) is 18.6 Å². The summed E-state index contributed by atoms with van der Waals surface area (Å²) in [6, 6.07) is 22.1. The number of ketones is 1. The number of ether oxygens (including phenoxy) is 3. The van der Waals surface area contributed by atoms with Gasteiger partial charge in [0.25, 0.3) is 5.91 Å². The van der Waals surface area contributed by atoms with Gasteiger partial charge in [0.2, 0.25) is 5.78 Å². The molecule has 2 aromatic heterocycles. The predicted molar refractivity (Wildman–Crippen MR) is 162 cm³/mol. The minimum absolute atomic E-state index is 0.0484. The average Bonchev–Trinajstić information content (AvgIpc) is 3.73. The number of anilines is 1. The Morgan fingerprint density at radius 2 is 1.75 bits per heavy atom. The molecule has 0 saturated heterocycles. The van der Waals surface area contributed by atoms with E-state index in [0.29, 0.717) is 33.7 Å². The van der Waals surface area contributed by atoms with Crippen LogP contribution in [0.3, 0.4) is 0 Å². The largest absolute Gasteiger partial charge is 0.503 e. The number of rotatable bonds is 9. The summed E-state index contributed by atoms with van der Waals surface area (Å²) < 4.78 is 22.3. The number of furan rings is 1. The number of hydrogen-bond acceptors (Lipinski definition) is 10. The van der Waals surface area contributed by atoms with Crippen molar-refractivity contribution in [2.24, 2.45) is 0 Å². The first-order valence-electron chi connectivity index (χ1n) is 13.5. The number of methoxy groups -OCH3 is 2. The quantitative estimate of drug-likeness (QED) is 0.150. The number of fused-ring (bicyclic) bond motifs is 1. The molecule has 1 aliphatic heterocycles. The lowest BCUT2D eigenvalue weighted by molar-refractivity contribution is -0.117. The molecular formula is C33H26N2O8S. The third-order valence-electron chi connectivity index (χ3n) is 7.20. The van der Waals surface area contributed by atoms with E-state index in [1.807, 2.05) is 36.4 Å². The van der Waals surface area contributed by atoms with Gasteiger partial charge < -0.3 is 23.7 Å². The summed E-state index contributed by atoms with van der Waals surface area (Å²) in [5.41, 5.74) is 1.99. The van der Waals surface area contributed by atoms with E-state index in [0.717, 1.165) is 16.9 Å². The Morgan fingerprint density at radius 1 is 1.00 bits per heavy atom. The Balaban J connectivity index is 1.45. The number of nitrogens with zero attached hydrogens (tertiary/aromatic N) is 2. The number of Topliss-reactive ketones (excluding diaryl/α,β-unsaturated/α-hetero) is 1. The minimum Gasteiger partial charge on any atom is -0.503 e. The molecule has 1 aliphatic rings. The molecule has 0 aliphatic carbocycles. The number of esters is 1. The summed E-state index contributed by atoms with van der Waals surface area (Å²) in [7, 11) is 2.73. The van der Waals surface area contributed by atoms with Crippen molar-refractivity contribution in [2.45, 2.75) is 19.6 Å². The Labute approximate surface area is 255 Å². The van der Waals surface area contributed by atoms with Crippen LogP contribution in [-0.4, -0.2) is 42.0 Å². The highest BCUT2D eigenvalue weighted by atomic mass is 32.1. The van der Waals surface area contributed by atoms with E-state index in [-0.39, 0.29) is 27.9 Å². The van der Waals surface area contributed by atoms with Gasteiger partial charge in [0, 0.05) is 5.39 Å². The van der Waals surface area contributed by atoms with Gasteiger partial charge in [-0.1, -0.05) is 65.9 Å². The number of para-hydroxylation sites is 1. The van der Waals surface area contributed by atoms with E-state index in [1.54, 1.807) is 49.4 Å². The number of hydrogen-bond donors (Lipinski definition) is 1. The second-order valence-electron chi connectivity index (χ2n) is 9.90. The Kier molecular flexibility index (Phi) is 7.62. The molecule has 222 valence electrons.